The van der Waals surface area contributed by atoms with E-state index in [1.165, 1.54) is 0 Å². The maximum atomic E-state index is 12.3. The van der Waals surface area contributed by atoms with Gasteiger partial charge in [-0.15, -0.1) is 0 Å². The van der Waals surface area contributed by atoms with Gasteiger partial charge in [0.25, 0.3) is 6.43 Å². The fraction of sp³-hybridized carbons (Fsp3) is 0.143. The Morgan fingerprint density at radius 1 is 1.50 bits per heavy atom. The third-order valence-electron chi connectivity index (χ3n) is 1.43. The van der Waals surface area contributed by atoms with Gasteiger partial charge < -0.3 is 5.73 Å². The van der Waals surface area contributed by atoms with Gasteiger partial charge in [0.1, 0.15) is 10.3 Å². The smallest absolute Gasteiger partial charge is 0.280 e. The van der Waals surface area contributed by atoms with Crippen LogP contribution in [0.3, 0.4) is 0 Å². The van der Waals surface area contributed by atoms with Gasteiger partial charge >= 0.3 is 0 Å². The molecule has 0 spiro atoms. The summed E-state index contributed by atoms with van der Waals surface area (Å²) in [6.07, 6.45) is -2.74. The molecule has 1 aromatic heterocycles. The van der Waals surface area contributed by atoms with Crippen molar-refractivity contribution in [2.24, 2.45) is 5.73 Å². The summed E-state index contributed by atoms with van der Waals surface area (Å²) in [5, 5.41) is 0. The molecule has 1 rings (SSSR count). The molecular formula is C7H4Br2F2N2O. The van der Waals surface area contributed by atoms with Crippen molar-refractivity contribution >= 4 is 37.8 Å². The number of primary amides is 1. The van der Waals surface area contributed by atoms with Crippen LogP contribution in [0.25, 0.3) is 0 Å². The number of hydrogen-bond acceptors (Lipinski definition) is 2. The summed E-state index contributed by atoms with van der Waals surface area (Å²) < 4.78 is 24.9. The minimum atomic E-state index is -2.74. The quantitative estimate of drug-likeness (QED) is 0.848. The van der Waals surface area contributed by atoms with E-state index in [4.69, 9.17) is 5.73 Å². The van der Waals surface area contributed by atoms with Gasteiger partial charge in [0.15, 0.2) is 0 Å². The number of aromatic nitrogens is 1. The van der Waals surface area contributed by atoms with E-state index in [1.54, 1.807) is 0 Å². The zero-order chi connectivity index (χ0) is 10.9. The van der Waals surface area contributed by atoms with Crippen LogP contribution in [0.15, 0.2) is 15.1 Å². The van der Waals surface area contributed by atoms with E-state index in [2.05, 4.69) is 36.8 Å². The summed E-state index contributed by atoms with van der Waals surface area (Å²) in [6.45, 7) is 0. The molecule has 0 radical (unpaired) electrons. The minimum Gasteiger partial charge on any atom is -0.366 e. The summed E-state index contributed by atoms with van der Waals surface area (Å²) in [4.78, 5) is 14.4. The summed E-state index contributed by atoms with van der Waals surface area (Å²) in [5.41, 5.74) is 4.47. The van der Waals surface area contributed by atoms with Crippen molar-refractivity contribution in [1.29, 1.82) is 0 Å². The zero-order valence-electron chi connectivity index (χ0n) is 6.60. The fourth-order valence-corrected chi connectivity index (χ4v) is 1.63. The second-order valence-electron chi connectivity index (χ2n) is 2.36. The summed E-state index contributed by atoms with van der Waals surface area (Å²) in [5.74, 6) is -0.790. The molecule has 3 nitrogen and oxygen atoms in total. The number of alkyl halides is 2. The maximum Gasteiger partial charge on any atom is 0.280 e. The monoisotopic (exact) mass is 328 g/mol. The molecule has 1 heterocycles. The summed E-state index contributed by atoms with van der Waals surface area (Å²) in [7, 11) is 0. The summed E-state index contributed by atoms with van der Waals surface area (Å²) >= 11 is 5.94. The van der Waals surface area contributed by atoms with Crippen LogP contribution in [0, 0.1) is 0 Å². The van der Waals surface area contributed by atoms with Crippen LogP contribution in [0.4, 0.5) is 8.78 Å². The molecular weight excluding hydrogens is 326 g/mol. The van der Waals surface area contributed by atoms with E-state index < -0.39 is 18.0 Å². The Hall–Kier alpha value is -0.560. The van der Waals surface area contributed by atoms with E-state index in [9.17, 15) is 13.6 Å². The molecule has 0 unspecified atom stereocenters. The van der Waals surface area contributed by atoms with Crippen molar-refractivity contribution in [2.45, 2.75) is 6.43 Å². The molecule has 76 valence electrons. The number of carbonyl (C=O) groups excluding carboxylic acids is 1. The van der Waals surface area contributed by atoms with Gasteiger partial charge in [0.2, 0.25) is 5.91 Å². The highest BCUT2D eigenvalue weighted by atomic mass is 79.9. The highest BCUT2D eigenvalue weighted by Crippen LogP contribution is 2.28. The fourth-order valence-electron chi connectivity index (χ4n) is 0.808. The number of nitrogens with two attached hydrogens (primary N) is 1. The Bertz CT molecular complexity index is 384. The number of halogens is 4. The van der Waals surface area contributed by atoms with Crippen LogP contribution in [0.1, 0.15) is 22.5 Å². The standard InChI is InChI=1S/C7H4Br2F2N2O/c8-4-2(7(12)14)1-3(6(10)11)13-5(4)9/h1,6H,(H2,12,14). The Balaban J connectivity index is 3.35. The lowest BCUT2D eigenvalue weighted by Crippen LogP contribution is -2.13. The van der Waals surface area contributed by atoms with E-state index in [1.807, 2.05) is 0 Å². The van der Waals surface area contributed by atoms with Gasteiger partial charge in [-0.25, -0.2) is 13.8 Å². The Morgan fingerprint density at radius 2 is 2.07 bits per heavy atom. The van der Waals surface area contributed by atoms with Crippen molar-refractivity contribution in [1.82, 2.24) is 4.98 Å². The highest BCUT2D eigenvalue weighted by Gasteiger charge is 2.17. The molecule has 2 N–H and O–H groups in total. The Morgan fingerprint density at radius 3 is 2.50 bits per heavy atom. The van der Waals surface area contributed by atoms with Gasteiger partial charge in [0.05, 0.1) is 10.0 Å². The van der Waals surface area contributed by atoms with Gasteiger partial charge in [-0.3, -0.25) is 4.79 Å². The predicted molar refractivity (Wildman–Crippen MR) is 53.1 cm³/mol. The first-order valence-electron chi connectivity index (χ1n) is 3.37. The van der Waals surface area contributed by atoms with Crippen molar-refractivity contribution in [2.75, 3.05) is 0 Å². The molecule has 0 fully saturated rings. The third-order valence-corrected chi connectivity index (χ3v) is 3.33. The van der Waals surface area contributed by atoms with Crippen molar-refractivity contribution in [3.05, 3.63) is 26.4 Å². The van der Waals surface area contributed by atoms with Crippen LogP contribution in [0.2, 0.25) is 0 Å². The normalized spacial score (nSPS) is 10.6. The lowest BCUT2D eigenvalue weighted by Gasteiger charge is -2.05. The molecule has 0 atom stereocenters. The van der Waals surface area contributed by atoms with Crippen molar-refractivity contribution in [3.63, 3.8) is 0 Å². The van der Waals surface area contributed by atoms with Crippen LogP contribution < -0.4 is 5.73 Å². The Kier molecular flexibility index (Phi) is 3.54. The van der Waals surface area contributed by atoms with Crippen LogP contribution in [-0.2, 0) is 0 Å². The van der Waals surface area contributed by atoms with Crippen molar-refractivity contribution in [3.8, 4) is 0 Å². The molecule has 14 heavy (non-hydrogen) atoms. The van der Waals surface area contributed by atoms with E-state index in [0.717, 1.165) is 6.07 Å². The number of rotatable bonds is 2. The summed E-state index contributed by atoms with van der Waals surface area (Å²) in [6, 6.07) is 0.960. The molecule has 0 bridgehead atoms. The molecule has 0 aliphatic carbocycles. The average molecular weight is 330 g/mol. The molecule has 1 amide bonds. The average Bonchev–Trinajstić information content (AvgIpc) is 2.08. The largest absolute Gasteiger partial charge is 0.366 e. The van der Waals surface area contributed by atoms with Gasteiger partial charge in [0, 0.05) is 0 Å². The lowest BCUT2D eigenvalue weighted by atomic mass is 10.2. The van der Waals surface area contributed by atoms with E-state index >= 15 is 0 Å². The topological polar surface area (TPSA) is 56.0 Å². The second-order valence-corrected chi connectivity index (χ2v) is 3.91. The first-order chi connectivity index (χ1) is 6.43. The predicted octanol–water partition coefficient (Wildman–Crippen LogP) is 2.64. The number of amides is 1. The Labute approximate surface area is 94.9 Å². The SMILES string of the molecule is NC(=O)c1cc(C(F)F)nc(Br)c1Br. The van der Waals surface area contributed by atoms with Crippen LogP contribution in [-0.4, -0.2) is 10.9 Å². The molecule has 1 aromatic rings. The van der Waals surface area contributed by atoms with Gasteiger partial charge in [-0.2, -0.15) is 0 Å². The first kappa shape index (κ1) is 11.5. The molecule has 0 saturated heterocycles. The van der Waals surface area contributed by atoms with Crippen LogP contribution >= 0.6 is 31.9 Å². The maximum absolute atomic E-state index is 12.3. The van der Waals surface area contributed by atoms with Crippen LogP contribution in [0.5, 0.6) is 0 Å². The van der Waals surface area contributed by atoms with E-state index in [-0.39, 0.29) is 14.6 Å². The van der Waals surface area contributed by atoms with Gasteiger partial charge in [-0.1, -0.05) is 0 Å². The number of carbonyl (C=O) groups is 1. The number of hydrogen-bond donors (Lipinski definition) is 1. The molecule has 0 aliphatic heterocycles. The lowest BCUT2D eigenvalue weighted by molar-refractivity contribution is 0.0998. The molecule has 7 heteroatoms. The minimum absolute atomic E-state index is 0.0258. The van der Waals surface area contributed by atoms with Gasteiger partial charge in [-0.05, 0) is 37.9 Å². The first-order valence-corrected chi connectivity index (χ1v) is 4.96. The van der Waals surface area contributed by atoms with E-state index in [0.29, 0.717) is 0 Å². The highest BCUT2D eigenvalue weighted by molar-refractivity contribution is 9.13. The molecule has 0 aliphatic rings. The number of pyridine rings is 1. The zero-order valence-corrected chi connectivity index (χ0v) is 9.77. The molecule has 0 saturated carbocycles. The second kappa shape index (κ2) is 4.31. The molecule has 0 aromatic carbocycles. The van der Waals surface area contributed by atoms with Crippen molar-refractivity contribution < 1.29 is 13.6 Å². The number of nitrogens with zero attached hydrogens (tertiary/aromatic N) is 1. The third kappa shape index (κ3) is 2.27.